The fourth-order valence-corrected chi connectivity index (χ4v) is 2.29. The SMILES string of the molecule is Cn1c(=O)n(C)c2cc(CCNC(=O)C(C)(C)C)ccc21. The Bertz CT molecular complexity index is 732. The lowest BCUT2D eigenvalue weighted by Crippen LogP contribution is -2.35. The van der Waals surface area contributed by atoms with Crippen LogP contribution in [0.2, 0.25) is 0 Å². The molecule has 0 radical (unpaired) electrons. The Balaban J connectivity index is 2.12. The van der Waals surface area contributed by atoms with E-state index in [-0.39, 0.29) is 17.0 Å². The summed E-state index contributed by atoms with van der Waals surface area (Å²) >= 11 is 0. The van der Waals surface area contributed by atoms with Gasteiger partial charge in [-0.1, -0.05) is 26.8 Å². The summed E-state index contributed by atoms with van der Waals surface area (Å²) in [5.41, 5.74) is 2.56. The minimum atomic E-state index is -0.368. The van der Waals surface area contributed by atoms with Crippen molar-refractivity contribution in [3.8, 4) is 0 Å². The molecule has 0 saturated carbocycles. The number of hydrogen-bond acceptors (Lipinski definition) is 2. The van der Waals surface area contributed by atoms with Gasteiger partial charge < -0.3 is 5.32 Å². The van der Waals surface area contributed by atoms with E-state index in [4.69, 9.17) is 0 Å². The Labute approximate surface area is 124 Å². The number of nitrogens with one attached hydrogen (secondary N) is 1. The summed E-state index contributed by atoms with van der Waals surface area (Å²) in [6.07, 6.45) is 0.751. The molecule has 1 N–H and O–H groups in total. The molecule has 2 rings (SSSR count). The van der Waals surface area contributed by atoms with Crippen LogP contribution < -0.4 is 11.0 Å². The third-order valence-corrected chi connectivity index (χ3v) is 3.72. The maximum Gasteiger partial charge on any atom is 0.328 e. The molecule has 1 aromatic carbocycles. The molecule has 114 valence electrons. The van der Waals surface area contributed by atoms with Gasteiger partial charge in [-0.25, -0.2) is 4.79 Å². The van der Waals surface area contributed by atoms with Crippen molar-refractivity contribution < 1.29 is 4.79 Å². The number of amides is 1. The highest BCUT2D eigenvalue weighted by Gasteiger charge is 2.20. The smallest absolute Gasteiger partial charge is 0.328 e. The van der Waals surface area contributed by atoms with Crippen LogP contribution in [0.3, 0.4) is 0 Å². The number of fused-ring (bicyclic) bond motifs is 1. The highest BCUT2D eigenvalue weighted by atomic mass is 16.2. The largest absolute Gasteiger partial charge is 0.355 e. The molecule has 0 aliphatic rings. The van der Waals surface area contributed by atoms with Crippen LogP contribution in [0.5, 0.6) is 0 Å². The molecule has 0 saturated heterocycles. The molecule has 1 aromatic heterocycles. The Morgan fingerprint density at radius 3 is 2.38 bits per heavy atom. The summed E-state index contributed by atoms with van der Waals surface area (Å²) in [5.74, 6) is 0.0516. The first-order valence-electron chi connectivity index (χ1n) is 7.14. The molecular formula is C16H23N3O2. The summed E-state index contributed by atoms with van der Waals surface area (Å²) in [7, 11) is 3.55. The third-order valence-electron chi connectivity index (χ3n) is 3.72. The summed E-state index contributed by atoms with van der Waals surface area (Å²) in [4.78, 5) is 23.7. The fraction of sp³-hybridized carbons (Fsp3) is 0.500. The van der Waals surface area contributed by atoms with Gasteiger partial charge in [0.25, 0.3) is 0 Å². The molecule has 0 fully saturated rings. The number of rotatable bonds is 3. The van der Waals surface area contributed by atoms with Crippen LogP contribution in [0.1, 0.15) is 26.3 Å². The van der Waals surface area contributed by atoms with Gasteiger partial charge >= 0.3 is 5.69 Å². The Hall–Kier alpha value is -2.04. The Morgan fingerprint density at radius 1 is 1.14 bits per heavy atom. The highest BCUT2D eigenvalue weighted by molar-refractivity contribution is 5.81. The van der Waals surface area contributed by atoms with Crippen LogP contribution in [-0.4, -0.2) is 21.6 Å². The van der Waals surface area contributed by atoms with Gasteiger partial charge in [0.1, 0.15) is 0 Å². The summed E-state index contributed by atoms with van der Waals surface area (Å²) in [6.45, 7) is 6.29. The predicted molar refractivity (Wildman–Crippen MR) is 84.3 cm³/mol. The van der Waals surface area contributed by atoms with Crippen molar-refractivity contribution in [2.75, 3.05) is 6.54 Å². The second kappa shape index (κ2) is 5.39. The number of imidazole rings is 1. The minimum absolute atomic E-state index is 0.0248. The van der Waals surface area contributed by atoms with E-state index < -0.39 is 0 Å². The first kappa shape index (κ1) is 15.4. The monoisotopic (exact) mass is 289 g/mol. The standard InChI is InChI=1S/C16H23N3O2/c1-16(2,3)14(20)17-9-8-11-6-7-12-13(10-11)19(5)15(21)18(12)4/h6-7,10H,8-9H2,1-5H3,(H,17,20). The van der Waals surface area contributed by atoms with E-state index in [1.807, 2.05) is 39.0 Å². The topological polar surface area (TPSA) is 56.0 Å². The molecule has 1 amide bonds. The van der Waals surface area contributed by atoms with Gasteiger partial charge in [-0.05, 0) is 24.1 Å². The van der Waals surface area contributed by atoms with E-state index >= 15 is 0 Å². The van der Waals surface area contributed by atoms with E-state index in [1.165, 1.54) is 0 Å². The predicted octanol–water partition coefficient (Wildman–Crippen LogP) is 1.58. The number of hydrogen-bond donors (Lipinski definition) is 1. The quantitative estimate of drug-likeness (QED) is 0.932. The molecule has 5 nitrogen and oxygen atoms in total. The average Bonchev–Trinajstić information content (AvgIpc) is 2.63. The zero-order valence-corrected chi connectivity index (χ0v) is 13.4. The molecule has 0 bridgehead atoms. The van der Waals surface area contributed by atoms with Gasteiger partial charge in [-0.3, -0.25) is 13.9 Å². The zero-order chi connectivity index (χ0) is 15.8. The number of benzene rings is 1. The van der Waals surface area contributed by atoms with Crippen molar-refractivity contribution in [1.82, 2.24) is 14.5 Å². The number of aromatic nitrogens is 2. The van der Waals surface area contributed by atoms with Crippen LogP contribution >= 0.6 is 0 Å². The van der Waals surface area contributed by atoms with Crippen LogP contribution in [0.4, 0.5) is 0 Å². The average molecular weight is 289 g/mol. The molecule has 0 atom stereocenters. The molecule has 0 aliphatic carbocycles. The molecule has 0 aliphatic heterocycles. The maximum atomic E-state index is 11.9. The second-order valence-corrected chi connectivity index (χ2v) is 6.48. The van der Waals surface area contributed by atoms with Crippen LogP contribution in [0.15, 0.2) is 23.0 Å². The number of nitrogens with zero attached hydrogens (tertiary/aromatic N) is 2. The molecule has 0 spiro atoms. The zero-order valence-electron chi connectivity index (χ0n) is 13.4. The van der Waals surface area contributed by atoms with Gasteiger partial charge in [-0.15, -0.1) is 0 Å². The molecule has 5 heteroatoms. The first-order chi connectivity index (χ1) is 9.71. The fourth-order valence-electron chi connectivity index (χ4n) is 2.29. The van der Waals surface area contributed by atoms with Crippen LogP contribution in [0.25, 0.3) is 11.0 Å². The minimum Gasteiger partial charge on any atom is -0.355 e. The molecule has 0 unspecified atom stereocenters. The van der Waals surface area contributed by atoms with Crippen molar-refractivity contribution in [1.29, 1.82) is 0 Å². The molecule has 21 heavy (non-hydrogen) atoms. The van der Waals surface area contributed by atoms with Crippen LogP contribution in [0, 0.1) is 5.41 Å². The van der Waals surface area contributed by atoms with Gasteiger partial charge in [-0.2, -0.15) is 0 Å². The lowest BCUT2D eigenvalue weighted by molar-refractivity contribution is -0.128. The lowest BCUT2D eigenvalue weighted by Gasteiger charge is -2.17. The second-order valence-electron chi connectivity index (χ2n) is 6.48. The van der Waals surface area contributed by atoms with Gasteiger partial charge in [0, 0.05) is 26.1 Å². The van der Waals surface area contributed by atoms with E-state index in [9.17, 15) is 9.59 Å². The van der Waals surface area contributed by atoms with Crippen molar-refractivity contribution in [2.24, 2.45) is 19.5 Å². The van der Waals surface area contributed by atoms with Crippen LogP contribution in [-0.2, 0) is 25.3 Å². The Morgan fingerprint density at radius 2 is 1.76 bits per heavy atom. The van der Waals surface area contributed by atoms with E-state index in [0.717, 1.165) is 23.0 Å². The third kappa shape index (κ3) is 3.01. The first-order valence-corrected chi connectivity index (χ1v) is 7.14. The highest BCUT2D eigenvalue weighted by Crippen LogP contribution is 2.15. The van der Waals surface area contributed by atoms with E-state index in [0.29, 0.717) is 6.54 Å². The van der Waals surface area contributed by atoms with E-state index in [2.05, 4.69) is 5.32 Å². The van der Waals surface area contributed by atoms with Gasteiger partial charge in [0.15, 0.2) is 0 Å². The Kier molecular flexibility index (Phi) is 3.94. The normalized spacial score (nSPS) is 11.9. The summed E-state index contributed by atoms with van der Waals surface area (Å²) in [6, 6.07) is 5.97. The molecule has 1 heterocycles. The van der Waals surface area contributed by atoms with E-state index in [1.54, 1.807) is 23.2 Å². The summed E-state index contributed by atoms with van der Waals surface area (Å²) in [5, 5.41) is 2.94. The number of aryl methyl sites for hydroxylation is 2. The van der Waals surface area contributed by atoms with Crippen molar-refractivity contribution in [3.05, 3.63) is 34.2 Å². The summed E-state index contributed by atoms with van der Waals surface area (Å²) < 4.78 is 3.28. The van der Waals surface area contributed by atoms with Gasteiger partial charge in [0.2, 0.25) is 5.91 Å². The number of carbonyl (C=O) groups excluding carboxylic acids is 1. The van der Waals surface area contributed by atoms with Crippen molar-refractivity contribution in [3.63, 3.8) is 0 Å². The number of carbonyl (C=O) groups is 1. The molecular weight excluding hydrogens is 266 g/mol. The van der Waals surface area contributed by atoms with Gasteiger partial charge in [0.05, 0.1) is 11.0 Å². The van der Waals surface area contributed by atoms with Crippen molar-refractivity contribution >= 4 is 16.9 Å². The maximum absolute atomic E-state index is 11.9. The van der Waals surface area contributed by atoms with Crippen molar-refractivity contribution in [2.45, 2.75) is 27.2 Å². The lowest BCUT2D eigenvalue weighted by atomic mass is 9.95. The molecule has 2 aromatic rings.